The highest BCUT2D eigenvalue weighted by molar-refractivity contribution is 9.10. The Kier molecular flexibility index (Phi) is 3.23. The van der Waals surface area contributed by atoms with Crippen LogP contribution in [0.15, 0.2) is 34.2 Å². The highest BCUT2D eigenvalue weighted by atomic mass is 79.9. The number of aromatic nitrogens is 1. The van der Waals surface area contributed by atoms with Crippen molar-refractivity contribution in [3.8, 4) is 0 Å². The van der Waals surface area contributed by atoms with Gasteiger partial charge in [0.15, 0.2) is 0 Å². The summed E-state index contributed by atoms with van der Waals surface area (Å²) < 4.78 is 1.01. The van der Waals surface area contributed by atoms with Crippen LogP contribution in [0.4, 0.5) is 11.4 Å². The van der Waals surface area contributed by atoms with Crippen LogP contribution in [0.1, 0.15) is 5.01 Å². The number of nitrogens with zero attached hydrogens (tertiary/aromatic N) is 1. The van der Waals surface area contributed by atoms with Gasteiger partial charge in [-0.15, -0.1) is 11.3 Å². The third-order valence-corrected chi connectivity index (χ3v) is 3.20. The van der Waals surface area contributed by atoms with Crippen LogP contribution in [0.3, 0.4) is 0 Å². The van der Waals surface area contributed by atoms with E-state index in [2.05, 4.69) is 26.2 Å². The number of anilines is 2. The third kappa shape index (κ3) is 2.70. The minimum absolute atomic E-state index is 0.707. The molecule has 78 valence electrons. The minimum Gasteiger partial charge on any atom is -0.397 e. The molecular formula is C10H10BrN3S. The van der Waals surface area contributed by atoms with Crippen LogP contribution >= 0.6 is 27.3 Å². The summed E-state index contributed by atoms with van der Waals surface area (Å²) >= 11 is 5.03. The van der Waals surface area contributed by atoms with E-state index in [1.54, 1.807) is 17.5 Å². The van der Waals surface area contributed by atoms with Crippen molar-refractivity contribution in [2.45, 2.75) is 6.54 Å². The lowest BCUT2D eigenvalue weighted by atomic mass is 10.3. The van der Waals surface area contributed by atoms with Crippen molar-refractivity contribution in [1.82, 2.24) is 4.98 Å². The zero-order valence-electron chi connectivity index (χ0n) is 7.90. The maximum absolute atomic E-state index is 5.83. The average molecular weight is 284 g/mol. The van der Waals surface area contributed by atoms with E-state index < -0.39 is 0 Å². The van der Waals surface area contributed by atoms with Crippen molar-refractivity contribution >= 4 is 38.6 Å². The van der Waals surface area contributed by atoms with Crippen LogP contribution < -0.4 is 11.1 Å². The van der Waals surface area contributed by atoms with Crippen molar-refractivity contribution in [3.63, 3.8) is 0 Å². The standard InChI is InChI=1S/C10H10BrN3S/c11-7-1-2-8(12)9(5-7)14-6-10-13-3-4-15-10/h1-5,14H,6,12H2. The van der Waals surface area contributed by atoms with Gasteiger partial charge >= 0.3 is 0 Å². The molecule has 3 N–H and O–H groups in total. The molecule has 5 heteroatoms. The first kappa shape index (κ1) is 10.4. The van der Waals surface area contributed by atoms with E-state index in [0.29, 0.717) is 6.54 Å². The van der Waals surface area contributed by atoms with Gasteiger partial charge in [0.05, 0.1) is 17.9 Å². The lowest BCUT2D eigenvalue weighted by Gasteiger charge is -2.07. The lowest BCUT2D eigenvalue weighted by molar-refractivity contribution is 1.10. The van der Waals surface area contributed by atoms with Crippen molar-refractivity contribution in [1.29, 1.82) is 0 Å². The highest BCUT2D eigenvalue weighted by Gasteiger charge is 2.00. The molecule has 0 bridgehead atoms. The minimum atomic E-state index is 0.707. The molecule has 1 aromatic carbocycles. The number of halogens is 1. The molecule has 3 nitrogen and oxygen atoms in total. The van der Waals surface area contributed by atoms with Gasteiger partial charge in [-0.25, -0.2) is 4.98 Å². The lowest BCUT2D eigenvalue weighted by Crippen LogP contribution is -2.01. The van der Waals surface area contributed by atoms with Crippen molar-refractivity contribution in [2.75, 3.05) is 11.1 Å². The summed E-state index contributed by atoms with van der Waals surface area (Å²) in [5.41, 5.74) is 7.50. The maximum Gasteiger partial charge on any atom is 0.112 e. The largest absolute Gasteiger partial charge is 0.397 e. The fourth-order valence-corrected chi connectivity index (χ4v) is 2.11. The van der Waals surface area contributed by atoms with Crippen LogP contribution in [0.5, 0.6) is 0 Å². The molecule has 2 rings (SSSR count). The van der Waals surface area contributed by atoms with Gasteiger partial charge in [0.1, 0.15) is 5.01 Å². The molecule has 0 radical (unpaired) electrons. The summed E-state index contributed by atoms with van der Waals surface area (Å²) in [4.78, 5) is 4.19. The molecule has 0 amide bonds. The van der Waals surface area contributed by atoms with Gasteiger partial charge in [0.2, 0.25) is 0 Å². The van der Waals surface area contributed by atoms with E-state index in [9.17, 15) is 0 Å². The van der Waals surface area contributed by atoms with Crippen LogP contribution in [-0.2, 0) is 6.54 Å². The molecule has 15 heavy (non-hydrogen) atoms. The molecular weight excluding hydrogens is 274 g/mol. The fraction of sp³-hybridized carbons (Fsp3) is 0.100. The summed E-state index contributed by atoms with van der Waals surface area (Å²) in [6.07, 6.45) is 1.80. The van der Waals surface area contributed by atoms with Gasteiger partial charge in [0.25, 0.3) is 0 Å². The molecule has 0 unspecified atom stereocenters. The van der Waals surface area contributed by atoms with Gasteiger partial charge in [-0.05, 0) is 18.2 Å². The Morgan fingerprint density at radius 1 is 1.47 bits per heavy atom. The number of nitrogens with two attached hydrogens (primary N) is 1. The molecule has 2 aromatic rings. The van der Waals surface area contributed by atoms with E-state index in [4.69, 9.17) is 5.73 Å². The van der Waals surface area contributed by atoms with Crippen molar-refractivity contribution < 1.29 is 0 Å². The number of rotatable bonds is 3. The average Bonchev–Trinajstić information content (AvgIpc) is 2.72. The van der Waals surface area contributed by atoms with Gasteiger partial charge in [-0.3, -0.25) is 0 Å². The van der Waals surface area contributed by atoms with E-state index in [1.807, 2.05) is 23.6 Å². The number of nitrogens with one attached hydrogen (secondary N) is 1. The Morgan fingerprint density at radius 2 is 2.33 bits per heavy atom. The first-order chi connectivity index (χ1) is 7.25. The number of benzene rings is 1. The normalized spacial score (nSPS) is 10.2. The quantitative estimate of drug-likeness (QED) is 0.851. The summed E-state index contributed by atoms with van der Waals surface area (Å²) in [6.45, 7) is 0.707. The summed E-state index contributed by atoms with van der Waals surface area (Å²) in [6, 6.07) is 5.75. The SMILES string of the molecule is Nc1ccc(Br)cc1NCc1nccs1. The van der Waals surface area contributed by atoms with Crippen molar-refractivity contribution in [3.05, 3.63) is 39.3 Å². The zero-order chi connectivity index (χ0) is 10.7. The number of thiazole rings is 1. The number of hydrogen-bond acceptors (Lipinski definition) is 4. The van der Waals surface area contributed by atoms with Gasteiger partial charge in [0, 0.05) is 16.0 Å². The summed E-state index contributed by atoms with van der Waals surface area (Å²) in [7, 11) is 0. The topological polar surface area (TPSA) is 50.9 Å². The molecule has 0 saturated carbocycles. The molecule has 0 fully saturated rings. The molecule has 0 aliphatic rings. The molecule has 0 atom stereocenters. The molecule has 1 heterocycles. The van der Waals surface area contributed by atoms with Gasteiger partial charge < -0.3 is 11.1 Å². The highest BCUT2D eigenvalue weighted by Crippen LogP contribution is 2.23. The smallest absolute Gasteiger partial charge is 0.112 e. The predicted octanol–water partition coefficient (Wildman–Crippen LogP) is 3.10. The molecule has 0 saturated heterocycles. The van der Waals surface area contributed by atoms with Crippen molar-refractivity contribution in [2.24, 2.45) is 0 Å². The van der Waals surface area contributed by atoms with Gasteiger partial charge in [-0.1, -0.05) is 15.9 Å². The Morgan fingerprint density at radius 3 is 3.07 bits per heavy atom. The third-order valence-electron chi connectivity index (χ3n) is 1.93. The Balaban J connectivity index is 2.07. The van der Waals surface area contributed by atoms with E-state index in [-0.39, 0.29) is 0 Å². The summed E-state index contributed by atoms with van der Waals surface area (Å²) in [5, 5.41) is 6.26. The molecule has 0 aliphatic carbocycles. The Hall–Kier alpha value is -1.07. The second-order valence-corrected chi connectivity index (χ2v) is 4.91. The zero-order valence-corrected chi connectivity index (χ0v) is 10.3. The number of hydrogen-bond donors (Lipinski definition) is 2. The van der Waals surface area contributed by atoms with E-state index in [0.717, 1.165) is 20.9 Å². The van der Waals surface area contributed by atoms with E-state index >= 15 is 0 Å². The fourth-order valence-electron chi connectivity index (χ4n) is 1.19. The summed E-state index contributed by atoms with van der Waals surface area (Å²) in [5.74, 6) is 0. The van der Waals surface area contributed by atoms with Crippen LogP contribution in [0.25, 0.3) is 0 Å². The Labute approximate surface area is 100 Å². The molecule has 1 aromatic heterocycles. The molecule has 0 spiro atoms. The van der Waals surface area contributed by atoms with Gasteiger partial charge in [-0.2, -0.15) is 0 Å². The second-order valence-electron chi connectivity index (χ2n) is 3.01. The predicted molar refractivity (Wildman–Crippen MR) is 68.0 cm³/mol. The second kappa shape index (κ2) is 4.63. The monoisotopic (exact) mass is 283 g/mol. The van der Waals surface area contributed by atoms with Crippen LogP contribution in [0.2, 0.25) is 0 Å². The van der Waals surface area contributed by atoms with Crippen LogP contribution in [0, 0.1) is 0 Å². The Bertz CT molecular complexity index is 442. The first-order valence-corrected chi connectivity index (χ1v) is 6.10. The van der Waals surface area contributed by atoms with Crippen LogP contribution in [-0.4, -0.2) is 4.98 Å². The van der Waals surface area contributed by atoms with E-state index in [1.165, 1.54) is 0 Å². The first-order valence-electron chi connectivity index (χ1n) is 4.43. The maximum atomic E-state index is 5.83. The number of nitrogen functional groups attached to an aromatic ring is 1. The molecule has 0 aliphatic heterocycles.